The van der Waals surface area contributed by atoms with Crippen LogP contribution in [0.5, 0.6) is 5.75 Å². The Bertz CT molecular complexity index is 817. The summed E-state index contributed by atoms with van der Waals surface area (Å²) >= 11 is 0. The number of phenolic OH excluding ortho intramolecular Hbond substituents is 1. The number of likely N-dealkylation sites (N-methyl/N-ethyl adjacent to an activating group) is 1. The molecule has 0 saturated carbocycles. The molecule has 1 aromatic rings. The van der Waals surface area contributed by atoms with Crippen LogP contribution in [-0.2, 0) is 14.3 Å². The number of nitrogens with one attached hydrogen (secondary N) is 2. The number of aromatic hydroxyl groups is 1. The van der Waals surface area contributed by atoms with E-state index < -0.39 is 29.7 Å². The van der Waals surface area contributed by atoms with E-state index in [0.717, 1.165) is 19.3 Å². The minimum atomic E-state index is -1.05. The summed E-state index contributed by atoms with van der Waals surface area (Å²) in [7, 11) is 1.51. The van der Waals surface area contributed by atoms with Gasteiger partial charge in [-0.3, -0.25) is 9.59 Å². The van der Waals surface area contributed by atoms with Gasteiger partial charge in [0.05, 0.1) is 0 Å². The van der Waals surface area contributed by atoms with Gasteiger partial charge in [0.1, 0.15) is 23.4 Å². The zero-order valence-corrected chi connectivity index (χ0v) is 21.3. The molecule has 0 bridgehead atoms. The van der Waals surface area contributed by atoms with Crippen LogP contribution < -0.4 is 10.6 Å². The van der Waals surface area contributed by atoms with Gasteiger partial charge in [0.2, 0.25) is 11.8 Å². The predicted molar refractivity (Wildman–Crippen MR) is 129 cm³/mol. The molecule has 0 heterocycles. The first kappa shape index (κ1) is 28.3. The number of amides is 3. The van der Waals surface area contributed by atoms with Gasteiger partial charge < -0.3 is 25.4 Å². The first-order chi connectivity index (χ1) is 15.3. The molecule has 3 N–H and O–H groups in total. The van der Waals surface area contributed by atoms with Crippen molar-refractivity contribution >= 4 is 17.9 Å². The van der Waals surface area contributed by atoms with Crippen molar-refractivity contribution in [1.29, 1.82) is 0 Å². The SMILES string of the molecule is CCCCCNC(=O)C(c1cccc(C)c1O)N(C)C(=O)C(NC(=O)OC(C)(C)C)C(C)C. The third-order valence-electron chi connectivity index (χ3n) is 5.23. The molecule has 0 aliphatic carbocycles. The van der Waals surface area contributed by atoms with Crippen LogP contribution in [0.3, 0.4) is 0 Å². The average Bonchev–Trinajstić information content (AvgIpc) is 2.70. The van der Waals surface area contributed by atoms with Crippen LogP contribution in [0.1, 0.15) is 78.0 Å². The van der Waals surface area contributed by atoms with Crippen molar-refractivity contribution in [3.05, 3.63) is 29.3 Å². The zero-order valence-electron chi connectivity index (χ0n) is 21.3. The Morgan fingerprint density at radius 3 is 2.33 bits per heavy atom. The number of benzene rings is 1. The molecule has 0 spiro atoms. The van der Waals surface area contributed by atoms with E-state index in [4.69, 9.17) is 4.74 Å². The summed E-state index contributed by atoms with van der Waals surface area (Å²) < 4.78 is 5.31. The van der Waals surface area contributed by atoms with Gasteiger partial charge in [-0.15, -0.1) is 0 Å². The molecule has 0 radical (unpaired) electrons. The fourth-order valence-electron chi connectivity index (χ4n) is 3.41. The summed E-state index contributed by atoms with van der Waals surface area (Å²) in [6, 6.07) is 3.14. The minimum Gasteiger partial charge on any atom is -0.507 e. The van der Waals surface area contributed by atoms with Crippen LogP contribution in [0.2, 0.25) is 0 Å². The number of ether oxygens (including phenoxy) is 1. The molecule has 0 aromatic heterocycles. The summed E-state index contributed by atoms with van der Waals surface area (Å²) in [5.74, 6) is -1.13. The van der Waals surface area contributed by atoms with E-state index >= 15 is 0 Å². The number of carbonyl (C=O) groups excluding carboxylic acids is 3. The Morgan fingerprint density at radius 1 is 1.15 bits per heavy atom. The Morgan fingerprint density at radius 2 is 1.79 bits per heavy atom. The smallest absolute Gasteiger partial charge is 0.408 e. The van der Waals surface area contributed by atoms with Gasteiger partial charge in [-0.05, 0) is 45.6 Å². The monoisotopic (exact) mass is 463 g/mol. The van der Waals surface area contributed by atoms with E-state index in [2.05, 4.69) is 17.6 Å². The standard InChI is InChI=1S/C25H41N3O5/c1-9-10-11-15-26-22(30)20(18-14-12-13-17(4)21(18)29)28(8)23(31)19(16(2)3)27-24(32)33-25(5,6)7/h12-14,16,19-20,29H,9-11,15H2,1-8H3,(H,26,30)(H,27,32). The molecule has 186 valence electrons. The van der Waals surface area contributed by atoms with E-state index in [9.17, 15) is 19.5 Å². The Labute approximate surface area is 198 Å². The second kappa shape index (κ2) is 12.5. The summed E-state index contributed by atoms with van der Waals surface area (Å²) in [6.45, 7) is 13.1. The van der Waals surface area contributed by atoms with Gasteiger partial charge in [-0.1, -0.05) is 51.8 Å². The van der Waals surface area contributed by atoms with Gasteiger partial charge in [0, 0.05) is 19.2 Å². The molecule has 8 nitrogen and oxygen atoms in total. The fourth-order valence-corrected chi connectivity index (χ4v) is 3.41. The Balaban J connectivity index is 3.23. The minimum absolute atomic E-state index is 0.0351. The number of phenols is 1. The molecular formula is C25H41N3O5. The molecule has 8 heteroatoms. The number of aryl methyl sites for hydroxylation is 1. The van der Waals surface area contributed by atoms with Crippen molar-refractivity contribution in [2.75, 3.05) is 13.6 Å². The molecule has 33 heavy (non-hydrogen) atoms. The molecule has 2 atom stereocenters. The maximum atomic E-state index is 13.5. The quantitative estimate of drug-likeness (QED) is 0.454. The number of carbonyl (C=O) groups is 3. The lowest BCUT2D eigenvalue weighted by Crippen LogP contribution is -2.53. The molecule has 1 aromatic carbocycles. The van der Waals surface area contributed by atoms with Crippen molar-refractivity contribution in [2.24, 2.45) is 5.92 Å². The normalized spacial score (nSPS) is 13.2. The summed E-state index contributed by atoms with van der Waals surface area (Å²) in [6.07, 6.45) is 2.11. The van der Waals surface area contributed by atoms with E-state index in [0.29, 0.717) is 17.7 Å². The second-order valence-corrected chi connectivity index (χ2v) is 9.73. The number of rotatable bonds is 10. The van der Waals surface area contributed by atoms with E-state index in [1.165, 1.54) is 11.9 Å². The lowest BCUT2D eigenvalue weighted by atomic mass is 9.97. The fraction of sp³-hybridized carbons (Fsp3) is 0.640. The average molecular weight is 464 g/mol. The predicted octanol–water partition coefficient (Wildman–Crippen LogP) is 4.06. The number of unbranched alkanes of at least 4 members (excludes halogenated alkanes) is 2. The zero-order chi connectivity index (χ0) is 25.3. The molecule has 0 saturated heterocycles. The van der Waals surface area contributed by atoms with Crippen molar-refractivity contribution in [2.45, 2.75) is 85.4 Å². The highest BCUT2D eigenvalue weighted by Crippen LogP contribution is 2.31. The molecule has 1 rings (SSSR count). The summed E-state index contributed by atoms with van der Waals surface area (Å²) in [5.41, 5.74) is 0.220. The molecule has 2 unspecified atom stereocenters. The maximum Gasteiger partial charge on any atom is 0.408 e. The van der Waals surface area contributed by atoms with E-state index in [1.807, 2.05) is 0 Å². The highest BCUT2D eigenvalue weighted by Gasteiger charge is 2.36. The summed E-state index contributed by atoms with van der Waals surface area (Å²) in [4.78, 5) is 40.3. The van der Waals surface area contributed by atoms with E-state index in [1.54, 1.807) is 59.7 Å². The maximum absolute atomic E-state index is 13.5. The third-order valence-corrected chi connectivity index (χ3v) is 5.23. The van der Waals surface area contributed by atoms with Crippen molar-refractivity contribution < 1.29 is 24.2 Å². The number of para-hydroxylation sites is 1. The first-order valence-electron chi connectivity index (χ1n) is 11.6. The lowest BCUT2D eigenvalue weighted by molar-refractivity contribution is -0.141. The van der Waals surface area contributed by atoms with Crippen LogP contribution >= 0.6 is 0 Å². The molecule has 0 fully saturated rings. The van der Waals surface area contributed by atoms with Crippen molar-refractivity contribution in [3.8, 4) is 5.75 Å². The molecular weight excluding hydrogens is 422 g/mol. The Hall–Kier alpha value is -2.77. The van der Waals surface area contributed by atoms with Gasteiger partial charge in [-0.25, -0.2) is 4.79 Å². The highest BCUT2D eigenvalue weighted by molar-refractivity contribution is 5.92. The van der Waals surface area contributed by atoms with Crippen LogP contribution in [0, 0.1) is 12.8 Å². The van der Waals surface area contributed by atoms with E-state index in [-0.39, 0.29) is 17.6 Å². The van der Waals surface area contributed by atoms with Gasteiger partial charge >= 0.3 is 6.09 Å². The van der Waals surface area contributed by atoms with Gasteiger partial charge in [0.25, 0.3) is 0 Å². The largest absolute Gasteiger partial charge is 0.507 e. The Kier molecular flexibility index (Phi) is 10.7. The van der Waals surface area contributed by atoms with Gasteiger partial charge in [-0.2, -0.15) is 0 Å². The first-order valence-corrected chi connectivity index (χ1v) is 11.6. The second-order valence-electron chi connectivity index (χ2n) is 9.73. The van der Waals surface area contributed by atoms with Crippen LogP contribution in [0.4, 0.5) is 4.79 Å². The van der Waals surface area contributed by atoms with Gasteiger partial charge in [0.15, 0.2) is 0 Å². The number of alkyl carbamates (subject to hydrolysis) is 1. The molecule has 0 aliphatic rings. The number of hydrogen-bond donors (Lipinski definition) is 3. The summed E-state index contributed by atoms with van der Waals surface area (Å²) in [5, 5.41) is 16.2. The third kappa shape index (κ3) is 8.59. The molecule has 0 aliphatic heterocycles. The molecule has 3 amide bonds. The topological polar surface area (TPSA) is 108 Å². The van der Waals surface area contributed by atoms with Crippen LogP contribution in [-0.4, -0.2) is 53.1 Å². The van der Waals surface area contributed by atoms with Crippen molar-refractivity contribution in [3.63, 3.8) is 0 Å². The number of nitrogens with zero attached hydrogens (tertiary/aromatic N) is 1. The van der Waals surface area contributed by atoms with Crippen molar-refractivity contribution in [1.82, 2.24) is 15.5 Å². The van der Waals surface area contributed by atoms with Crippen LogP contribution in [0.25, 0.3) is 0 Å². The number of hydrogen-bond acceptors (Lipinski definition) is 5. The lowest BCUT2D eigenvalue weighted by Gasteiger charge is -2.33. The van der Waals surface area contributed by atoms with Crippen LogP contribution in [0.15, 0.2) is 18.2 Å². The highest BCUT2D eigenvalue weighted by atomic mass is 16.6.